The molecule has 11 nitrogen and oxygen atoms in total. The predicted molar refractivity (Wildman–Crippen MR) is 128 cm³/mol. The zero-order chi connectivity index (χ0) is 24.7. The minimum Gasteiger partial charge on any atom is -0.352 e. The second-order valence-electron chi connectivity index (χ2n) is 8.05. The number of anilines is 1. The molecule has 2 amide bonds. The lowest BCUT2D eigenvalue weighted by atomic mass is 10.1. The van der Waals surface area contributed by atoms with Crippen LogP contribution < -0.4 is 16.3 Å². The average Bonchev–Trinajstić information content (AvgIpc) is 3.15. The number of carbonyl (C=O) groups is 2. The molecule has 3 aromatic rings. The molecule has 1 aromatic heterocycles. The highest BCUT2D eigenvalue weighted by molar-refractivity contribution is 5.98. The Kier molecular flexibility index (Phi) is 7.89. The molecule has 0 saturated heterocycles. The summed E-state index contributed by atoms with van der Waals surface area (Å²) in [5, 5.41) is 22.7. The number of imidazole rings is 1. The lowest BCUT2D eigenvalue weighted by Gasteiger charge is -2.10. The molecule has 2 aromatic carbocycles. The quantitative estimate of drug-likeness (QED) is 0.284. The summed E-state index contributed by atoms with van der Waals surface area (Å²) in [4.78, 5) is 43.6. The van der Waals surface area contributed by atoms with E-state index in [-0.39, 0.29) is 11.6 Å². The van der Waals surface area contributed by atoms with Gasteiger partial charge in [-0.05, 0) is 75.9 Å². The normalized spacial score (nSPS) is 12.1. The number of aromatic nitrogens is 2. The second-order valence-corrected chi connectivity index (χ2v) is 8.05. The summed E-state index contributed by atoms with van der Waals surface area (Å²) in [6, 6.07) is 10.2. The number of H-pyrrole nitrogens is 2. The van der Waals surface area contributed by atoms with Crippen LogP contribution in [-0.2, 0) is 4.79 Å². The monoisotopic (exact) mass is 462 g/mol. The van der Waals surface area contributed by atoms with Gasteiger partial charge < -0.3 is 25.5 Å². The standard InChI is InChI=1S/C23H26N8O3/c1-14-9-15(21(32)25-7-4-8-31(2)3)11-17(10-14)29-30-20(13-24)22(33)26-16-5-6-18-19(12-16)28-23(34)27-18/h5-6,9-12,20H,4,7-8H2,1-3H3,(H,25,32)(H,26,33)(H2,27,28,34). The summed E-state index contributed by atoms with van der Waals surface area (Å²) in [5.74, 6) is -0.901. The van der Waals surface area contributed by atoms with Crippen LogP contribution in [-0.4, -0.2) is 59.9 Å². The highest BCUT2D eigenvalue weighted by Gasteiger charge is 2.18. The van der Waals surface area contributed by atoms with Crippen molar-refractivity contribution in [2.24, 2.45) is 10.2 Å². The summed E-state index contributed by atoms with van der Waals surface area (Å²) < 4.78 is 0. The third-order valence-corrected chi connectivity index (χ3v) is 4.83. The average molecular weight is 463 g/mol. The van der Waals surface area contributed by atoms with Crippen LogP contribution in [0.4, 0.5) is 11.4 Å². The van der Waals surface area contributed by atoms with E-state index in [1.165, 1.54) is 0 Å². The van der Waals surface area contributed by atoms with Gasteiger partial charge in [-0.25, -0.2) is 4.79 Å². The Morgan fingerprint density at radius 3 is 2.65 bits per heavy atom. The second kappa shape index (κ2) is 11.0. The van der Waals surface area contributed by atoms with Crippen molar-refractivity contribution in [3.63, 3.8) is 0 Å². The fourth-order valence-corrected chi connectivity index (χ4v) is 3.23. The Morgan fingerprint density at radius 2 is 1.91 bits per heavy atom. The van der Waals surface area contributed by atoms with Crippen LogP contribution in [0.1, 0.15) is 22.3 Å². The molecule has 0 aliphatic rings. The summed E-state index contributed by atoms with van der Waals surface area (Å²) in [6.07, 6.45) is 0.823. The maximum Gasteiger partial charge on any atom is 0.323 e. The molecule has 0 saturated carbocycles. The number of benzene rings is 2. The molecule has 1 heterocycles. The molecule has 1 atom stereocenters. The number of azo groups is 1. The molecular weight excluding hydrogens is 436 g/mol. The summed E-state index contributed by atoms with van der Waals surface area (Å²) >= 11 is 0. The van der Waals surface area contributed by atoms with Gasteiger partial charge in [-0.1, -0.05) is 0 Å². The van der Waals surface area contributed by atoms with Crippen LogP contribution in [0.15, 0.2) is 51.4 Å². The van der Waals surface area contributed by atoms with Gasteiger partial charge in [0.25, 0.3) is 11.8 Å². The van der Waals surface area contributed by atoms with Crippen molar-refractivity contribution in [3.05, 3.63) is 58.0 Å². The number of nitriles is 1. The summed E-state index contributed by atoms with van der Waals surface area (Å²) in [7, 11) is 3.94. The van der Waals surface area contributed by atoms with E-state index >= 15 is 0 Å². The molecule has 0 aliphatic carbocycles. The van der Waals surface area contributed by atoms with Gasteiger partial charge in [-0.3, -0.25) is 9.59 Å². The van der Waals surface area contributed by atoms with Crippen LogP contribution >= 0.6 is 0 Å². The fourth-order valence-electron chi connectivity index (χ4n) is 3.23. The zero-order valence-electron chi connectivity index (χ0n) is 19.2. The lowest BCUT2D eigenvalue weighted by Crippen LogP contribution is -2.27. The number of carbonyl (C=O) groups excluding carboxylic acids is 2. The van der Waals surface area contributed by atoms with E-state index in [9.17, 15) is 19.6 Å². The molecule has 3 rings (SSSR count). The van der Waals surface area contributed by atoms with E-state index in [2.05, 4.69) is 30.8 Å². The number of nitrogens with one attached hydrogen (secondary N) is 4. The minimum atomic E-state index is -1.40. The van der Waals surface area contributed by atoms with E-state index in [0.717, 1.165) is 18.5 Å². The van der Waals surface area contributed by atoms with Crippen LogP contribution in [0.5, 0.6) is 0 Å². The number of aryl methyl sites for hydroxylation is 1. The fraction of sp³-hybridized carbons (Fsp3) is 0.304. The van der Waals surface area contributed by atoms with E-state index in [4.69, 9.17) is 0 Å². The Hall–Kier alpha value is -4.30. The molecule has 0 spiro atoms. The number of amides is 2. The summed E-state index contributed by atoms with van der Waals surface area (Å²) in [6.45, 7) is 3.22. The maximum atomic E-state index is 12.5. The molecule has 0 aliphatic heterocycles. The minimum absolute atomic E-state index is 0.230. The molecule has 176 valence electrons. The van der Waals surface area contributed by atoms with Crippen molar-refractivity contribution >= 4 is 34.2 Å². The van der Waals surface area contributed by atoms with Gasteiger partial charge in [-0.2, -0.15) is 15.5 Å². The van der Waals surface area contributed by atoms with Crippen molar-refractivity contribution in [3.8, 4) is 6.07 Å². The topological polar surface area (TPSA) is 159 Å². The van der Waals surface area contributed by atoms with Crippen LogP contribution in [0.3, 0.4) is 0 Å². The first-order chi connectivity index (χ1) is 16.2. The zero-order valence-corrected chi connectivity index (χ0v) is 19.2. The highest BCUT2D eigenvalue weighted by atomic mass is 16.2. The van der Waals surface area contributed by atoms with Gasteiger partial charge in [-0.15, -0.1) is 0 Å². The van der Waals surface area contributed by atoms with Gasteiger partial charge in [0, 0.05) is 17.8 Å². The first kappa shape index (κ1) is 24.3. The van der Waals surface area contributed by atoms with Gasteiger partial charge >= 0.3 is 5.69 Å². The Balaban J connectivity index is 1.67. The molecule has 11 heteroatoms. The first-order valence-electron chi connectivity index (χ1n) is 10.6. The van der Waals surface area contributed by atoms with Crippen LogP contribution in [0.2, 0.25) is 0 Å². The SMILES string of the molecule is Cc1cc(N=NC(C#N)C(=O)Nc2ccc3[nH]c(=O)[nH]c3c2)cc(C(=O)NCCCN(C)C)c1. The van der Waals surface area contributed by atoms with Crippen molar-refractivity contribution in [1.29, 1.82) is 5.26 Å². The van der Waals surface area contributed by atoms with Crippen molar-refractivity contribution in [2.75, 3.05) is 32.5 Å². The maximum absolute atomic E-state index is 12.5. The molecule has 4 N–H and O–H groups in total. The van der Waals surface area contributed by atoms with Crippen LogP contribution in [0.25, 0.3) is 11.0 Å². The molecule has 0 radical (unpaired) electrons. The van der Waals surface area contributed by atoms with Gasteiger partial charge in [0.15, 0.2) is 0 Å². The van der Waals surface area contributed by atoms with Crippen molar-refractivity contribution in [2.45, 2.75) is 19.4 Å². The molecule has 0 fully saturated rings. The molecule has 0 bridgehead atoms. The third-order valence-electron chi connectivity index (χ3n) is 4.83. The Morgan fingerprint density at radius 1 is 1.15 bits per heavy atom. The largest absolute Gasteiger partial charge is 0.352 e. The van der Waals surface area contributed by atoms with Gasteiger partial charge in [0.1, 0.15) is 6.07 Å². The van der Waals surface area contributed by atoms with Crippen LogP contribution in [0, 0.1) is 18.3 Å². The number of hydrogen-bond donors (Lipinski definition) is 4. The van der Waals surface area contributed by atoms with Gasteiger partial charge in [0.2, 0.25) is 6.04 Å². The molecule has 34 heavy (non-hydrogen) atoms. The van der Waals surface area contributed by atoms with E-state index in [0.29, 0.717) is 34.5 Å². The molecular formula is C23H26N8O3. The molecule has 1 unspecified atom stereocenters. The van der Waals surface area contributed by atoms with E-state index < -0.39 is 11.9 Å². The number of nitrogens with zero attached hydrogens (tertiary/aromatic N) is 4. The summed E-state index contributed by atoms with van der Waals surface area (Å²) in [5.41, 5.74) is 2.72. The Bertz CT molecular complexity index is 1320. The number of hydrogen-bond acceptors (Lipinski definition) is 7. The number of aromatic amines is 2. The third kappa shape index (κ3) is 6.60. The van der Waals surface area contributed by atoms with Gasteiger partial charge in [0.05, 0.1) is 16.7 Å². The highest BCUT2D eigenvalue weighted by Crippen LogP contribution is 2.19. The van der Waals surface area contributed by atoms with E-state index in [1.54, 1.807) is 36.4 Å². The lowest BCUT2D eigenvalue weighted by molar-refractivity contribution is -0.116. The first-order valence-corrected chi connectivity index (χ1v) is 10.6. The number of fused-ring (bicyclic) bond motifs is 1. The number of rotatable bonds is 9. The van der Waals surface area contributed by atoms with Crippen molar-refractivity contribution < 1.29 is 9.59 Å². The smallest absolute Gasteiger partial charge is 0.323 e. The van der Waals surface area contributed by atoms with Crippen molar-refractivity contribution in [1.82, 2.24) is 20.2 Å². The Labute approximate surface area is 195 Å². The van der Waals surface area contributed by atoms with E-state index in [1.807, 2.05) is 32.0 Å². The predicted octanol–water partition coefficient (Wildman–Crippen LogP) is 2.46.